The van der Waals surface area contributed by atoms with Crippen molar-refractivity contribution >= 4 is 40.0 Å². The van der Waals surface area contributed by atoms with Gasteiger partial charge < -0.3 is 19.5 Å². The number of piperidine rings is 2. The van der Waals surface area contributed by atoms with Crippen LogP contribution in [0.1, 0.15) is 42.5 Å². The van der Waals surface area contributed by atoms with Gasteiger partial charge in [-0.05, 0) is 69.0 Å². The fourth-order valence-electron chi connectivity index (χ4n) is 5.61. The first-order chi connectivity index (χ1) is 18.0. The number of anilines is 1. The Hall–Kier alpha value is -3.03. The summed E-state index contributed by atoms with van der Waals surface area (Å²) in [6.45, 7) is 4.97. The molecule has 37 heavy (non-hydrogen) atoms. The molecule has 0 aliphatic carbocycles. The molecule has 0 unspecified atom stereocenters. The van der Waals surface area contributed by atoms with E-state index in [-0.39, 0.29) is 18.4 Å². The SMILES string of the molecule is COc1ccccc1N(CC(=O)N1CCC(CN2CCCCC2)CC1)C(=O)c1ccc2c(Cl)c[nH]c2c1. The fraction of sp³-hybridized carbons (Fsp3) is 0.448. The van der Waals surface area contributed by atoms with Crippen molar-refractivity contribution in [1.29, 1.82) is 0 Å². The highest BCUT2D eigenvalue weighted by atomic mass is 35.5. The maximum atomic E-state index is 13.8. The average molecular weight is 523 g/mol. The Morgan fingerprint density at radius 2 is 1.81 bits per heavy atom. The predicted molar refractivity (Wildman–Crippen MR) is 148 cm³/mol. The van der Waals surface area contributed by atoms with Crippen molar-refractivity contribution < 1.29 is 14.3 Å². The van der Waals surface area contributed by atoms with Crippen molar-refractivity contribution in [2.75, 3.05) is 51.3 Å². The van der Waals surface area contributed by atoms with Crippen molar-refractivity contribution in [1.82, 2.24) is 14.8 Å². The molecule has 1 aromatic heterocycles. The summed E-state index contributed by atoms with van der Waals surface area (Å²) in [7, 11) is 1.57. The van der Waals surface area contributed by atoms with Crippen LogP contribution in [0.4, 0.5) is 5.69 Å². The van der Waals surface area contributed by atoms with Gasteiger partial charge in [-0.25, -0.2) is 0 Å². The second-order valence-corrected chi connectivity index (χ2v) is 10.6. The highest BCUT2D eigenvalue weighted by molar-refractivity contribution is 6.35. The number of methoxy groups -OCH3 is 1. The van der Waals surface area contributed by atoms with Gasteiger partial charge in [-0.2, -0.15) is 0 Å². The van der Waals surface area contributed by atoms with Gasteiger partial charge in [-0.1, -0.05) is 36.2 Å². The third kappa shape index (κ3) is 5.78. The van der Waals surface area contributed by atoms with Crippen molar-refractivity contribution in [3.05, 3.63) is 59.2 Å². The summed E-state index contributed by atoms with van der Waals surface area (Å²) in [5.41, 5.74) is 1.83. The quantitative estimate of drug-likeness (QED) is 0.463. The number of ether oxygens (including phenoxy) is 1. The Morgan fingerprint density at radius 3 is 2.57 bits per heavy atom. The summed E-state index contributed by atoms with van der Waals surface area (Å²) in [5.74, 6) is 0.881. The molecule has 0 radical (unpaired) electrons. The largest absolute Gasteiger partial charge is 0.495 e. The molecule has 0 atom stereocenters. The molecule has 0 bridgehead atoms. The molecule has 1 N–H and O–H groups in total. The number of likely N-dealkylation sites (tertiary alicyclic amines) is 2. The van der Waals surface area contributed by atoms with Crippen molar-refractivity contribution in [2.45, 2.75) is 32.1 Å². The summed E-state index contributed by atoms with van der Waals surface area (Å²) < 4.78 is 5.55. The molecule has 2 saturated heterocycles. The Kier molecular flexibility index (Phi) is 8.01. The highest BCUT2D eigenvalue weighted by Gasteiger charge is 2.29. The van der Waals surface area contributed by atoms with E-state index < -0.39 is 0 Å². The first kappa shape index (κ1) is 25.6. The van der Waals surface area contributed by atoms with Crippen LogP contribution in [0.25, 0.3) is 10.9 Å². The average Bonchev–Trinajstić information content (AvgIpc) is 3.32. The lowest BCUT2D eigenvalue weighted by molar-refractivity contribution is -0.131. The first-order valence-electron chi connectivity index (χ1n) is 13.2. The molecule has 8 heteroatoms. The number of amides is 2. The Labute approximate surface area is 223 Å². The maximum Gasteiger partial charge on any atom is 0.258 e. The number of H-pyrrole nitrogens is 1. The van der Waals surface area contributed by atoms with E-state index in [1.165, 1.54) is 37.3 Å². The standard InChI is InChI=1S/C29H35ClN4O3/c1-37-27-8-4-3-7-26(27)34(29(36)22-9-10-23-24(30)18-31-25(23)17-22)20-28(35)33-15-11-21(12-16-33)19-32-13-5-2-6-14-32/h3-4,7-10,17-18,21,31H,2,5-6,11-16,19-20H2,1H3. The minimum absolute atomic E-state index is 0.0420. The van der Waals surface area contributed by atoms with E-state index in [9.17, 15) is 9.59 Å². The third-order valence-electron chi connectivity index (χ3n) is 7.73. The maximum absolute atomic E-state index is 13.8. The monoisotopic (exact) mass is 522 g/mol. The normalized spacial score (nSPS) is 17.2. The van der Waals surface area contributed by atoms with E-state index in [0.717, 1.165) is 43.4 Å². The summed E-state index contributed by atoms with van der Waals surface area (Å²) in [6.07, 6.45) is 7.67. The van der Waals surface area contributed by atoms with Crippen LogP contribution in [0.3, 0.4) is 0 Å². The number of aromatic amines is 1. The Bertz CT molecular complexity index is 1240. The topological polar surface area (TPSA) is 68.9 Å². The van der Waals surface area contributed by atoms with E-state index in [1.807, 2.05) is 29.2 Å². The summed E-state index contributed by atoms with van der Waals surface area (Å²) in [5, 5.41) is 1.46. The van der Waals surface area contributed by atoms with Gasteiger partial charge in [-0.3, -0.25) is 14.5 Å². The zero-order valence-electron chi connectivity index (χ0n) is 21.4. The third-order valence-corrected chi connectivity index (χ3v) is 8.04. The number of benzene rings is 2. The Balaban J connectivity index is 1.31. The fourth-order valence-corrected chi connectivity index (χ4v) is 5.83. The van der Waals surface area contributed by atoms with Gasteiger partial charge in [0.25, 0.3) is 5.91 Å². The number of para-hydroxylation sites is 2. The van der Waals surface area contributed by atoms with Crippen molar-refractivity contribution in [3.63, 3.8) is 0 Å². The number of carbonyl (C=O) groups is 2. The van der Waals surface area contributed by atoms with Crippen LogP contribution in [-0.4, -0.2) is 73.0 Å². The molecule has 2 amide bonds. The lowest BCUT2D eigenvalue weighted by Crippen LogP contribution is -2.47. The van der Waals surface area contributed by atoms with Crippen LogP contribution < -0.4 is 9.64 Å². The summed E-state index contributed by atoms with van der Waals surface area (Å²) in [4.78, 5) is 36.4. The molecular formula is C29H35ClN4O3. The molecule has 2 aromatic carbocycles. The number of carbonyl (C=O) groups excluding carboxylic acids is 2. The van der Waals surface area contributed by atoms with Crippen LogP contribution in [0, 0.1) is 5.92 Å². The number of fused-ring (bicyclic) bond motifs is 1. The van der Waals surface area contributed by atoms with Gasteiger partial charge in [0, 0.05) is 42.3 Å². The molecule has 5 rings (SSSR count). The highest BCUT2D eigenvalue weighted by Crippen LogP contribution is 2.31. The van der Waals surface area contributed by atoms with Gasteiger partial charge in [0.05, 0.1) is 17.8 Å². The molecule has 2 aliphatic heterocycles. The van der Waals surface area contributed by atoms with Crippen LogP contribution in [0.15, 0.2) is 48.7 Å². The molecule has 196 valence electrons. The van der Waals surface area contributed by atoms with E-state index in [1.54, 1.807) is 31.5 Å². The van der Waals surface area contributed by atoms with Crippen LogP contribution >= 0.6 is 11.6 Å². The number of nitrogens with zero attached hydrogens (tertiary/aromatic N) is 3. The number of hydrogen-bond acceptors (Lipinski definition) is 4. The van der Waals surface area contributed by atoms with Crippen LogP contribution in [-0.2, 0) is 4.79 Å². The van der Waals surface area contributed by atoms with Crippen molar-refractivity contribution in [2.24, 2.45) is 5.92 Å². The minimum Gasteiger partial charge on any atom is -0.495 e. The first-order valence-corrected chi connectivity index (χ1v) is 13.6. The molecule has 0 spiro atoms. The van der Waals surface area contributed by atoms with E-state index in [0.29, 0.717) is 27.9 Å². The zero-order chi connectivity index (χ0) is 25.8. The van der Waals surface area contributed by atoms with Crippen LogP contribution in [0.2, 0.25) is 5.02 Å². The molecule has 2 aliphatic rings. The summed E-state index contributed by atoms with van der Waals surface area (Å²) in [6, 6.07) is 12.7. The number of rotatable bonds is 7. The van der Waals surface area contributed by atoms with E-state index in [2.05, 4.69) is 9.88 Å². The molecule has 3 heterocycles. The minimum atomic E-state index is -0.259. The number of halogens is 1. The van der Waals surface area contributed by atoms with Gasteiger partial charge in [0.1, 0.15) is 12.3 Å². The van der Waals surface area contributed by atoms with Crippen LogP contribution in [0.5, 0.6) is 5.75 Å². The lowest BCUT2D eigenvalue weighted by Gasteiger charge is -2.37. The molecule has 2 fully saturated rings. The number of hydrogen-bond donors (Lipinski definition) is 1. The molecule has 3 aromatic rings. The Morgan fingerprint density at radius 1 is 1.05 bits per heavy atom. The van der Waals surface area contributed by atoms with Gasteiger partial charge in [-0.15, -0.1) is 0 Å². The number of nitrogens with one attached hydrogen (secondary N) is 1. The smallest absolute Gasteiger partial charge is 0.258 e. The van der Waals surface area contributed by atoms with E-state index >= 15 is 0 Å². The lowest BCUT2D eigenvalue weighted by atomic mass is 9.95. The second kappa shape index (κ2) is 11.6. The van der Waals surface area contributed by atoms with Gasteiger partial charge >= 0.3 is 0 Å². The number of aromatic nitrogens is 1. The second-order valence-electron chi connectivity index (χ2n) is 10.1. The molecule has 0 saturated carbocycles. The predicted octanol–water partition coefficient (Wildman–Crippen LogP) is 5.20. The van der Waals surface area contributed by atoms with Crippen molar-refractivity contribution in [3.8, 4) is 5.75 Å². The molecule has 7 nitrogen and oxygen atoms in total. The van der Waals surface area contributed by atoms with Gasteiger partial charge in [0.15, 0.2) is 0 Å². The van der Waals surface area contributed by atoms with E-state index in [4.69, 9.17) is 16.3 Å². The summed E-state index contributed by atoms with van der Waals surface area (Å²) >= 11 is 6.23. The zero-order valence-corrected chi connectivity index (χ0v) is 22.2. The van der Waals surface area contributed by atoms with Gasteiger partial charge in [0.2, 0.25) is 5.91 Å². The molecular weight excluding hydrogens is 488 g/mol.